The highest BCUT2D eigenvalue weighted by Gasteiger charge is 2.30. The second kappa shape index (κ2) is 6.40. The largest absolute Gasteiger partial charge is 0.424 e. The van der Waals surface area contributed by atoms with Crippen LogP contribution >= 0.6 is 23.2 Å². The van der Waals surface area contributed by atoms with Gasteiger partial charge in [-0.2, -0.15) is 0 Å². The van der Waals surface area contributed by atoms with Gasteiger partial charge < -0.3 is 9.15 Å². The van der Waals surface area contributed by atoms with Crippen molar-refractivity contribution in [3.8, 4) is 0 Å². The summed E-state index contributed by atoms with van der Waals surface area (Å²) in [6, 6.07) is 5.64. The molecule has 0 radical (unpaired) electrons. The summed E-state index contributed by atoms with van der Waals surface area (Å²) in [5.74, 6) is 1.96. The number of halogens is 2. The normalized spacial score (nSPS) is 22.4. The summed E-state index contributed by atoms with van der Waals surface area (Å²) in [5.41, 5.74) is 1.04. The second-order valence-corrected chi connectivity index (χ2v) is 6.89. The summed E-state index contributed by atoms with van der Waals surface area (Å²) in [7, 11) is 0. The molecule has 1 aromatic heterocycles. The van der Waals surface area contributed by atoms with E-state index in [0.717, 1.165) is 24.5 Å². The molecular formula is C16H17Cl2N3O2. The van der Waals surface area contributed by atoms with Crippen LogP contribution in [0.3, 0.4) is 0 Å². The molecule has 1 saturated carbocycles. The van der Waals surface area contributed by atoms with Gasteiger partial charge in [0, 0.05) is 19.0 Å². The highest BCUT2D eigenvalue weighted by atomic mass is 35.5. The van der Waals surface area contributed by atoms with Crippen LogP contribution < -0.4 is 0 Å². The summed E-state index contributed by atoms with van der Waals surface area (Å²) in [5, 5.41) is 9.40. The molecule has 7 heteroatoms. The van der Waals surface area contributed by atoms with E-state index in [1.165, 1.54) is 12.8 Å². The first kappa shape index (κ1) is 15.4. The molecule has 4 rings (SSSR count). The van der Waals surface area contributed by atoms with E-state index in [1.54, 1.807) is 6.07 Å². The van der Waals surface area contributed by atoms with E-state index < -0.39 is 0 Å². The maximum absolute atomic E-state index is 6.10. The van der Waals surface area contributed by atoms with Crippen molar-refractivity contribution in [1.82, 2.24) is 15.1 Å². The van der Waals surface area contributed by atoms with Crippen molar-refractivity contribution in [2.24, 2.45) is 0 Å². The van der Waals surface area contributed by atoms with Crippen LogP contribution in [0.4, 0.5) is 0 Å². The van der Waals surface area contributed by atoms with Gasteiger partial charge in [-0.05, 0) is 30.5 Å². The molecule has 1 aliphatic carbocycles. The zero-order chi connectivity index (χ0) is 15.8. The van der Waals surface area contributed by atoms with Crippen LogP contribution in [-0.2, 0) is 11.3 Å². The Morgan fingerprint density at radius 2 is 2.04 bits per heavy atom. The minimum absolute atomic E-state index is 0.0238. The average Bonchev–Trinajstić information content (AvgIpc) is 3.31. The molecule has 1 aromatic carbocycles. The quantitative estimate of drug-likeness (QED) is 0.835. The minimum Gasteiger partial charge on any atom is -0.424 e. The Bertz CT molecular complexity index is 702. The van der Waals surface area contributed by atoms with E-state index in [4.69, 9.17) is 32.4 Å². The SMILES string of the molecule is Clc1ccc([C@H]2CN(Cc3nnc(C4CC4)o3)CCO2)cc1Cl. The number of hydrogen-bond acceptors (Lipinski definition) is 5. The Kier molecular flexibility index (Phi) is 4.28. The predicted octanol–water partition coefficient (Wildman–Crippen LogP) is 3.83. The number of aromatic nitrogens is 2. The van der Waals surface area contributed by atoms with E-state index in [1.807, 2.05) is 12.1 Å². The maximum Gasteiger partial charge on any atom is 0.230 e. The molecule has 1 aliphatic heterocycles. The van der Waals surface area contributed by atoms with Gasteiger partial charge in [0.05, 0.1) is 29.3 Å². The van der Waals surface area contributed by atoms with E-state index in [0.29, 0.717) is 35.0 Å². The smallest absolute Gasteiger partial charge is 0.230 e. The zero-order valence-electron chi connectivity index (χ0n) is 12.5. The van der Waals surface area contributed by atoms with Gasteiger partial charge in [0.1, 0.15) is 0 Å². The first-order valence-corrected chi connectivity index (χ1v) is 8.56. The third-order valence-electron chi connectivity index (χ3n) is 4.23. The Hall–Kier alpha value is -1.14. The van der Waals surface area contributed by atoms with E-state index in [-0.39, 0.29) is 6.10 Å². The van der Waals surface area contributed by atoms with Gasteiger partial charge >= 0.3 is 0 Å². The lowest BCUT2D eigenvalue weighted by atomic mass is 10.1. The summed E-state index contributed by atoms with van der Waals surface area (Å²) in [6.07, 6.45) is 2.31. The highest BCUT2D eigenvalue weighted by molar-refractivity contribution is 6.42. The molecule has 5 nitrogen and oxygen atoms in total. The van der Waals surface area contributed by atoms with Crippen LogP contribution in [0.2, 0.25) is 10.0 Å². The lowest BCUT2D eigenvalue weighted by molar-refractivity contribution is -0.0352. The number of nitrogens with zero attached hydrogens (tertiary/aromatic N) is 3. The Morgan fingerprint density at radius 3 is 2.83 bits per heavy atom. The zero-order valence-corrected chi connectivity index (χ0v) is 14.1. The summed E-state index contributed by atoms with van der Waals surface area (Å²) in [6.45, 7) is 2.92. The highest BCUT2D eigenvalue weighted by Crippen LogP contribution is 2.39. The van der Waals surface area contributed by atoms with Crippen molar-refractivity contribution in [3.63, 3.8) is 0 Å². The van der Waals surface area contributed by atoms with Gasteiger partial charge in [-0.1, -0.05) is 29.3 Å². The lowest BCUT2D eigenvalue weighted by Crippen LogP contribution is -2.37. The van der Waals surface area contributed by atoms with Gasteiger partial charge in [-0.15, -0.1) is 10.2 Å². The van der Waals surface area contributed by atoms with E-state index >= 15 is 0 Å². The standard InChI is InChI=1S/C16H17Cl2N3O2/c17-12-4-3-11(7-13(12)18)14-8-21(5-6-22-14)9-15-19-20-16(23-15)10-1-2-10/h3-4,7,10,14H,1-2,5-6,8-9H2/t14-/m1/s1. The van der Waals surface area contributed by atoms with Crippen molar-refractivity contribution >= 4 is 23.2 Å². The fraction of sp³-hybridized carbons (Fsp3) is 0.500. The molecule has 23 heavy (non-hydrogen) atoms. The fourth-order valence-electron chi connectivity index (χ4n) is 2.78. The number of morpholine rings is 1. The number of hydrogen-bond donors (Lipinski definition) is 0. The first-order valence-electron chi connectivity index (χ1n) is 7.80. The predicted molar refractivity (Wildman–Crippen MR) is 86.7 cm³/mol. The van der Waals surface area contributed by atoms with Crippen molar-refractivity contribution in [2.45, 2.75) is 31.4 Å². The molecular weight excluding hydrogens is 337 g/mol. The molecule has 0 N–H and O–H groups in total. The molecule has 122 valence electrons. The summed E-state index contributed by atoms with van der Waals surface area (Å²) < 4.78 is 11.6. The molecule has 0 unspecified atom stereocenters. The van der Waals surface area contributed by atoms with Crippen LogP contribution in [-0.4, -0.2) is 34.8 Å². The molecule has 2 heterocycles. The molecule has 0 bridgehead atoms. The molecule has 1 atom stereocenters. The summed E-state index contributed by atoms with van der Waals surface area (Å²) in [4.78, 5) is 2.26. The van der Waals surface area contributed by atoms with Gasteiger partial charge in [0.2, 0.25) is 11.8 Å². The number of rotatable bonds is 4. The van der Waals surface area contributed by atoms with Crippen molar-refractivity contribution in [1.29, 1.82) is 0 Å². The third kappa shape index (κ3) is 3.53. The second-order valence-electron chi connectivity index (χ2n) is 6.08. The van der Waals surface area contributed by atoms with Crippen LogP contribution in [0.15, 0.2) is 22.6 Å². The van der Waals surface area contributed by atoms with Crippen molar-refractivity contribution in [3.05, 3.63) is 45.6 Å². The topological polar surface area (TPSA) is 51.4 Å². The van der Waals surface area contributed by atoms with Crippen LogP contribution in [0.25, 0.3) is 0 Å². The summed E-state index contributed by atoms with van der Waals surface area (Å²) >= 11 is 12.1. The first-order chi connectivity index (χ1) is 11.2. The van der Waals surface area contributed by atoms with Crippen LogP contribution in [0.1, 0.15) is 42.2 Å². The molecule has 0 spiro atoms. The third-order valence-corrected chi connectivity index (χ3v) is 4.97. The Morgan fingerprint density at radius 1 is 1.17 bits per heavy atom. The van der Waals surface area contributed by atoms with Gasteiger partial charge in [-0.3, -0.25) is 4.90 Å². The maximum atomic E-state index is 6.10. The lowest BCUT2D eigenvalue weighted by Gasteiger charge is -2.32. The van der Waals surface area contributed by atoms with Crippen molar-refractivity contribution < 1.29 is 9.15 Å². The monoisotopic (exact) mass is 353 g/mol. The molecule has 2 fully saturated rings. The average molecular weight is 354 g/mol. The molecule has 2 aromatic rings. The van der Waals surface area contributed by atoms with Gasteiger partial charge in [0.15, 0.2) is 0 Å². The number of ether oxygens (including phenoxy) is 1. The molecule has 2 aliphatic rings. The Labute approximate surface area is 144 Å². The number of benzene rings is 1. The minimum atomic E-state index is -0.0238. The van der Waals surface area contributed by atoms with E-state index in [2.05, 4.69) is 15.1 Å². The fourth-order valence-corrected chi connectivity index (χ4v) is 3.08. The Balaban J connectivity index is 1.42. The van der Waals surface area contributed by atoms with Gasteiger partial charge in [-0.25, -0.2) is 0 Å². The van der Waals surface area contributed by atoms with Crippen LogP contribution in [0.5, 0.6) is 0 Å². The van der Waals surface area contributed by atoms with E-state index in [9.17, 15) is 0 Å². The molecule has 1 saturated heterocycles. The molecule has 0 amide bonds. The van der Waals surface area contributed by atoms with Crippen molar-refractivity contribution in [2.75, 3.05) is 19.7 Å². The van der Waals surface area contributed by atoms with Crippen LogP contribution in [0, 0.1) is 0 Å². The van der Waals surface area contributed by atoms with Gasteiger partial charge in [0.25, 0.3) is 0 Å².